The van der Waals surface area contributed by atoms with Gasteiger partial charge in [0.1, 0.15) is 6.04 Å². The van der Waals surface area contributed by atoms with Crippen LogP contribution in [0.1, 0.15) is 18.1 Å². The Bertz CT molecular complexity index is 429. The topological polar surface area (TPSA) is 67.4 Å². The summed E-state index contributed by atoms with van der Waals surface area (Å²) in [7, 11) is 1.49. The minimum atomic E-state index is -0.659. The highest BCUT2D eigenvalue weighted by molar-refractivity contribution is 5.86. The van der Waals surface area contributed by atoms with Gasteiger partial charge in [0.25, 0.3) is 0 Å². The van der Waals surface area contributed by atoms with Gasteiger partial charge in [0.15, 0.2) is 0 Å². The summed E-state index contributed by atoms with van der Waals surface area (Å²) in [5.74, 6) is -0.509. The van der Waals surface area contributed by atoms with Crippen molar-refractivity contribution in [3.63, 3.8) is 0 Å². The Labute approximate surface area is 113 Å². The van der Waals surface area contributed by atoms with Crippen molar-refractivity contribution in [3.8, 4) is 0 Å². The van der Waals surface area contributed by atoms with Gasteiger partial charge in [-0.1, -0.05) is 29.8 Å². The molecule has 0 saturated carbocycles. The van der Waals surface area contributed by atoms with Gasteiger partial charge in [-0.3, -0.25) is 9.59 Å². The molecule has 0 spiro atoms. The Morgan fingerprint density at radius 3 is 2.42 bits per heavy atom. The van der Waals surface area contributed by atoms with E-state index in [1.54, 1.807) is 0 Å². The number of hydrogen-bond acceptors (Lipinski definition) is 3. The lowest BCUT2D eigenvalue weighted by Crippen LogP contribution is -2.48. The summed E-state index contributed by atoms with van der Waals surface area (Å²) in [4.78, 5) is 22.9. The fourth-order valence-corrected chi connectivity index (χ4v) is 1.61. The minimum absolute atomic E-state index is 0.152. The first-order chi connectivity index (χ1) is 9.02. The highest BCUT2D eigenvalue weighted by Gasteiger charge is 2.18. The molecule has 2 N–H and O–H groups in total. The van der Waals surface area contributed by atoms with E-state index in [1.165, 1.54) is 19.6 Å². The van der Waals surface area contributed by atoms with Crippen molar-refractivity contribution in [1.82, 2.24) is 10.6 Å². The highest BCUT2D eigenvalue weighted by atomic mass is 16.5. The van der Waals surface area contributed by atoms with E-state index in [2.05, 4.69) is 10.6 Å². The largest absolute Gasteiger partial charge is 0.382 e. The lowest BCUT2D eigenvalue weighted by Gasteiger charge is -2.16. The van der Waals surface area contributed by atoms with Gasteiger partial charge < -0.3 is 15.4 Å². The van der Waals surface area contributed by atoms with Crippen LogP contribution in [0.2, 0.25) is 0 Å². The molecule has 0 bridgehead atoms. The van der Waals surface area contributed by atoms with E-state index in [1.807, 2.05) is 31.2 Å². The predicted molar refractivity (Wildman–Crippen MR) is 72.5 cm³/mol. The van der Waals surface area contributed by atoms with Crippen LogP contribution in [0.4, 0.5) is 0 Å². The molecular weight excluding hydrogens is 244 g/mol. The van der Waals surface area contributed by atoms with Crippen molar-refractivity contribution in [2.75, 3.05) is 13.7 Å². The van der Waals surface area contributed by atoms with Gasteiger partial charge in [0.2, 0.25) is 11.8 Å². The molecule has 2 amide bonds. The Hall–Kier alpha value is -1.88. The van der Waals surface area contributed by atoms with Gasteiger partial charge in [-0.05, 0) is 12.5 Å². The molecule has 0 aliphatic rings. The third-order valence-corrected chi connectivity index (χ3v) is 2.61. The normalized spacial score (nSPS) is 11.7. The second kappa shape index (κ2) is 7.53. The molecular formula is C14H20N2O3. The summed E-state index contributed by atoms with van der Waals surface area (Å²) in [5, 5.41) is 5.32. The summed E-state index contributed by atoms with van der Waals surface area (Å²) in [6.07, 6.45) is 0. The van der Waals surface area contributed by atoms with Crippen LogP contribution in [-0.2, 0) is 20.9 Å². The Kier molecular flexibility index (Phi) is 6.02. The van der Waals surface area contributed by atoms with E-state index in [0.29, 0.717) is 6.54 Å². The molecule has 1 aromatic carbocycles. The molecule has 0 aliphatic carbocycles. The van der Waals surface area contributed by atoms with Gasteiger partial charge in [-0.15, -0.1) is 0 Å². The predicted octanol–water partition coefficient (Wildman–Crippen LogP) is 0.762. The zero-order valence-electron chi connectivity index (χ0n) is 11.5. The number of aryl methyl sites for hydroxylation is 1. The summed E-state index contributed by atoms with van der Waals surface area (Å²) in [5.41, 5.74) is 2.18. The van der Waals surface area contributed by atoms with Crippen LogP contribution in [0.25, 0.3) is 0 Å². The SMILES string of the molecule is COC[C@H](NC(C)=O)C(=O)NCc1ccc(C)cc1. The second-order valence-electron chi connectivity index (χ2n) is 4.41. The average molecular weight is 264 g/mol. The number of nitrogens with one attached hydrogen (secondary N) is 2. The Balaban J connectivity index is 2.51. The molecule has 0 heterocycles. The molecule has 0 unspecified atom stereocenters. The summed E-state index contributed by atoms with van der Waals surface area (Å²) in [6, 6.07) is 7.23. The van der Waals surface area contributed by atoms with E-state index >= 15 is 0 Å². The fourth-order valence-electron chi connectivity index (χ4n) is 1.61. The molecule has 1 atom stereocenters. The van der Waals surface area contributed by atoms with Crippen molar-refractivity contribution >= 4 is 11.8 Å². The molecule has 5 nitrogen and oxygen atoms in total. The standard InChI is InChI=1S/C14H20N2O3/c1-10-4-6-12(7-5-10)8-15-14(18)13(9-19-3)16-11(2)17/h4-7,13H,8-9H2,1-3H3,(H,15,18)(H,16,17)/t13-/m0/s1. The molecule has 19 heavy (non-hydrogen) atoms. The van der Waals surface area contributed by atoms with Gasteiger partial charge in [-0.25, -0.2) is 0 Å². The Morgan fingerprint density at radius 2 is 1.89 bits per heavy atom. The van der Waals surface area contributed by atoms with E-state index < -0.39 is 6.04 Å². The molecule has 0 aromatic heterocycles. The zero-order chi connectivity index (χ0) is 14.3. The van der Waals surface area contributed by atoms with Crippen molar-refractivity contribution < 1.29 is 14.3 Å². The molecule has 0 aliphatic heterocycles. The van der Waals surface area contributed by atoms with Gasteiger partial charge >= 0.3 is 0 Å². The number of hydrogen-bond donors (Lipinski definition) is 2. The first-order valence-electron chi connectivity index (χ1n) is 6.12. The number of amides is 2. The summed E-state index contributed by atoms with van der Waals surface area (Å²) in [6.45, 7) is 3.96. The van der Waals surface area contributed by atoms with Gasteiger partial charge in [0.05, 0.1) is 6.61 Å². The summed E-state index contributed by atoms with van der Waals surface area (Å²) < 4.78 is 4.92. The van der Waals surface area contributed by atoms with E-state index in [0.717, 1.165) is 5.56 Å². The number of carbonyl (C=O) groups is 2. The number of ether oxygens (including phenoxy) is 1. The van der Waals surface area contributed by atoms with Crippen LogP contribution in [-0.4, -0.2) is 31.6 Å². The first kappa shape index (κ1) is 15.2. The molecule has 5 heteroatoms. The van der Waals surface area contributed by atoms with Crippen LogP contribution in [0.15, 0.2) is 24.3 Å². The van der Waals surface area contributed by atoms with Gasteiger partial charge in [-0.2, -0.15) is 0 Å². The van der Waals surface area contributed by atoms with E-state index in [9.17, 15) is 9.59 Å². The number of rotatable bonds is 6. The molecule has 104 valence electrons. The lowest BCUT2D eigenvalue weighted by molar-refractivity contribution is -0.129. The third kappa shape index (κ3) is 5.52. The van der Waals surface area contributed by atoms with Crippen molar-refractivity contribution in [1.29, 1.82) is 0 Å². The number of methoxy groups -OCH3 is 1. The molecule has 1 rings (SSSR count). The lowest BCUT2D eigenvalue weighted by atomic mass is 10.1. The van der Waals surface area contributed by atoms with Crippen LogP contribution < -0.4 is 10.6 Å². The molecule has 1 aromatic rings. The molecule has 0 saturated heterocycles. The maximum Gasteiger partial charge on any atom is 0.245 e. The van der Waals surface area contributed by atoms with Crippen LogP contribution in [0, 0.1) is 6.92 Å². The van der Waals surface area contributed by atoms with Crippen molar-refractivity contribution in [3.05, 3.63) is 35.4 Å². The van der Waals surface area contributed by atoms with Crippen molar-refractivity contribution in [2.45, 2.75) is 26.4 Å². The second-order valence-corrected chi connectivity index (χ2v) is 4.41. The van der Waals surface area contributed by atoms with Crippen LogP contribution >= 0.6 is 0 Å². The van der Waals surface area contributed by atoms with Crippen molar-refractivity contribution in [2.24, 2.45) is 0 Å². The third-order valence-electron chi connectivity index (χ3n) is 2.61. The van der Waals surface area contributed by atoms with Crippen LogP contribution in [0.3, 0.4) is 0 Å². The first-order valence-corrected chi connectivity index (χ1v) is 6.12. The van der Waals surface area contributed by atoms with E-state index in [4.69, 9.17) is 4.74 Å². The van der Waals surface area contributed by atoms with E-state index in [-0.39, 0.29) is 18.4 Å². The quantitative estimate of drug-likeness (QED) is 0.797. The maximum atomic E-state index is 11.9. The highest BCUT2D eigenvalue weighted by Crippen LogP contribution is 2.02. The Morgan fingerprint density at radius 1 is 1.26 bits per heavy atom. The minimum Gasteiger partial charge on any atom is -0.382 e. The average Bonchev–Trinajstić information content (AvgIpc) is 2.37. The summed E-state index contributed by atoms with van der Waals surface area (Å²) >= 11 is 0. The van der Waals surface area contributed by atoms with Crippen LogP contribution in [0.5, 0.6) is 0 Å². The zero-order valence-corrected chi connectivity index (χ0v) is 11.5. The maximum absolute atomic E-state index is 11.9. The number of carbonyl (C=O) groups excluding carboxylic acids is 2. The fraction of sp³-hybridized carbons (Fsp3) is 0.429. The monoisotopic (exact) mass is 264 g/mol. The smallest absolute Gasteiger partial charge is 0.245 e. The number of benzene rings is 1. The molecule has 0 radical (unpaired) electrons. The molecule has 0 fully saturated rings. The van der Waals surface area contributed by atoms with Gasteiger partial charge in [0, 0.05) is 20.6 Å².